The molecular formula is C32H34ClN3O6S2. The third kappa shape index (κ3) is 7.64. The number of nitrogens with one attached hydrogen (secondary N) is 3. The van der Waals surface area contributed by atoms with Gasteiger partial charge in [-0.1, -0.05) is 36.7 Å². The number of amides is 2. The van der Waals surface area contributed by atoms with Crippen LogP contribution in [0.2, 0.25) is 5.02 Å². The van der Waals surface area contributed by atoms with Crippen LogP contribution in [0.25, 0.3) is 10.9 Å². The predicted molar refractivity (Wildman–Crippen MR) is 174 cm³/mol. The summed E-state index contributed by atoms with van der Waals surface area (Å²) in [4.78, 5) is 41.1. The number of hydrogen-bond acceptors (Lipinski definition) is 7. The van der Waals surface area contributed by atoms with Crippen LogP contribution >= 0.6 is 24.2 Å². The van der Waals surface area contributed by atoms with E-state index in [4.69, 9.17) is 16.3 Å². The van der Waals surface area contributed by atoms with Crippen LogP contribution in [0.4, 0.5) is 0 Å². The molecule has 0 aliphatic carbocycles. The molecule has 232 valence electrons. The molecule has 44 heavy (non-hydrogen) atoms. The lowest BCUT2D eigenvalue weighted by atomic mass is 10.2. The topological polar surface area (TPSA) is 134 Å². The first-order valence-corrected chi connectivity index (χ1v) is 16.5. The number of para-hydroxylation sites is 1. The molecule has 0 bridgehead atoms. The molecule has 0 fully saturated rings. The summed E-state index contributed by atoms with van der Waals surface area (Å²) in [5, 5.41) is 5.66. The number of carbonyl (C=O) groups excluding carboxylic acids is 3. The zero-order chi connectivity index (χ0) is 32.0. The van der Waals surface area contributed by atoms with Crippen LogP contribution in [0, 0.1) is 13.8 Å². The fraction of sp³-hybridized carbons (Fsp3) is 0.281. The maximum Gasteiger partial charge on any atom is 0.324 e. The van der Waals surface area contributed by atoms with E-state index in [-0.39, 0.29) is 33.3 Å². The molecule has 3 N–H and O–H groups in total. The smallest absolute Gasteiger partial charge is 0.324 e. The molecule has 0 saturated heterocycles. The van der Waals surface area contributed by atoms with Crippen LogP contribution in [-0.4, -0.2) is 49.5 Å². The Bertz CT molecular complexity index is 1800. The van der Waals surface area contributed by atoms with Gasteiger partial charge in [0.1, 0.15) is 16.3 Å². The second kappa shape index (κ2) is 14.3. The number of halogens is 1. The molecule has 3 aromatic carbocycles. The van der Waals surface area contributed by atoms with Crippen LogP contribution in [-0.2, 0) is 14.6 Å². The Morgan fingerprint density at radius 2 is 1.57 bits per heavy atom. The van der Waals surface area contributed by atoms with E-state index >= 15 is 0 Å². The molecule has 9 nitrogen and oxygen atoms in total. The summed E-state index contributed by atoms with van der Waals surface area (Å²) >= 11 is 10.4. The Morgan fingerprint density at radius 1 is 0.932 bits per heavy atom. The van der Waals surface area contributed by atoms with Gasteiger partial charge in [-0.25, -0.2) is 8.42 Å². The van der Waals surface area contributed by atoms with Gasteiger partial charge < -0.3 is 20.4 Å². The number of esters is 1. The number of aryl methyl sites for hydroxylation is 2. The zero-order valence-electron chi connectivity index (χ0n) is 24.6. The van der Waals surface area contributed by atoms with Crippen molar-refractivity contribution in [3.63, 3.8) is 0 Å². The second-order valence-electron chi connectivity index (χ2n) is 10.4. The van der Waals surface area contributed by atoms with Crippen molar-refractivity contribution in [1.82, 2.24) is 15.6 Å². The van der Waals surface area contributed by atoms with Crippen molar-refractivity contribution in [2.24, 2.45) is 0 Å². The molecule has 0 aliphatic heterocycles. The molecule has 0 spiro atoms. The number of fused-ring (bicyclic) bond motifs is 1. The highest BCUT2D eigenvalue weighted by molar-refractivity contribution is 7.91. The maximum atomic E-state index is 13.9. The van der Waals surface area contributed by atoms with Gasteiger partial charge in [0.15, 0.2) is 0 Å². The molecule has 0 radical (unpaired) electrons. The summed E-state index contributed by atoms with van der Waals surface area (Å²) in [5.74, 6) is -1.35. The predicted octanol–water partition coefficient (Wildman–Crippen LogP) is 5.82. The number of thiol groups is 1. The molecule has 0 aliphatic rings. The maximum absolute atomic E-state index is 13.9. The Balaban J connectivity index is 1.40. The Morgan fingerprint density at radius 3 is 2.23 bits per heavy atom. The molecule has 0 saturated carbocycles. The third-order valence-corrected chi connectivity index (χ3v) is 9.52. The number of aromatic amines is 1. The van der Waals surface area contributed by atoms with Crippen LogP contribution in [0.1, 0.15) is 58.2 Å². The summed E-state index contributed by atoms with van der Waals surface area (Å²) in [6, 6.07) is 16.3. The van der Waals surface area contributed by atoms with E-state index in [0.29, 0.717) is 41.7 Å². The lowest BCUT2D eigenvalue weighted by Gasteiger charge is -2.12. The van der Waals surface area contributed by atoms with Gasteiger partial charge in [0.25, 0.3) is 11.8 Å². The van der Waals surface area contributed by atoms with Crippen LogP contribution in [0.5, 0.6) is 5.75 Å². The number of H-pyrrole nitrogens is 1. The SMILES string of the molecule is CCC(S)C(=O)Oc1ccccc1C(=O)NCCCCNC(=O)c1[nH]c2ccc(Cl)cc2c1S(=O)(=O)c1cc(C)cc(C)c1. The number of ether oxygens (including phenoxy) is 1. The number of aromatic nitrogens is 1. The minimum atomic E-state index is -4.09. The van der Waals surface area contributed by atoms with E-state index < -0.39 is 32.9 Å². The summed E-state index contributed by atoms with van der Waals surface area (Å²) in [5.41, 5.74) is 2.18. The highest BCUT2D eigenvalue weighted by Crippen LogP contribution is 2.34. The lowest BCUT2D eigenvalue weighted by molar-refractivity contribution is -0.133. The first-order valence-electron chi connectivity index (χ1n) is 14.1. The monoisotopic (exact) mass is 655 g/mol. The minimum absolute atomic E-state index is 0.0765. The molecule has 2 amide bonds. The lowest BCUT2D eigenvalue weighted by Crippen LogP contribution is -2.29. The van der Waals surface area contributed by atoms with Crippen molar-refractivity contribution < 1.29 is 27.5 Å². The van der Waals surface area contributed by atoms with Crippen LogP contribution < -0.4 is 15.4 Å². The van der Waals surface area contributed by atoms with E-state index in [2.05, 4.69) is 28.2 Å². The van der Waals surface area contributed by atoms with E-state index in [9.17, 15) is 22.8 Å². The van der Waals surface area contributed by atoms with Crippen molar-refractivity contribution in [3.05, 3.63) is 88.1 Å². The second-order valence-corrected chi connectivity index (χ2v) is 13.4. The zero-order valence-corrected chi connectivity index (χ0v) is 27.0. The van der Waals surface area contributed by atoms with E-state index in [1.54, 1.807) is 48.5 Å². The van der Waals surface area contributed by atoms with Crippen molar-refractivity contribution in [2.45, 2.75) is 55.1 Å². The fourth-order valence-electron chi connectivity index (χ4n) is 4.71. The van der Waals surface area contributed by atoms with Gasteiger partial charge in [0.2, 0.25) is 9.84 Å². The third-order valence-electron chi connectivity index (χ3n) is 6.89. The number of unbranched alkanes of at least 4 members (excludes halogenated alkanes) is 1. The summed E-state index contributed by atoms with van der Waals surface area (Å²) < 4.78 is 33.1. The minimum Gasteiger partial charge on any atom is -0.425 e. The molecule has 12 heteroatoms. The first-order chi connectivity index (χ1) is 20.9. The Kier molecular flexibility index (Phi) is 10.8. The quantitative estimate of drug-likeness (QED) is 0.0657. The summed E-state index contributed by atoms with van der Waals surface area (Å²) in [6.45, 7) is 5.98. The van der Waals surface area contributed by atoms with E-state index in [1.165, 1.54) is 6.07 Å². The van der Waals surface area contributed by atoms with Gasteiger partial charge in [-0.3, -0.25) is 14.4 Å². The highest BCUT2D eigenvalue weighted by atomic mass is 35.5. The standard InChI is InChI=1S/C32H34ClN3O6S2/c1-4-27(43)32(39)42-26-10-6-5-9-23(26)30(37)34-13-7-8-14-35-31(38)28-29(24-18-21(33)11-12-25(24)36-28)44(40,41)22-16-19(2)15-20(3)17-22/h5-6,9-12,15-18,27,36,43H,4,7-8,13-14H2,1-3H3,(H,34,37)(H,35,38). The van der Waals surface area contributed by atoms with Crippen LogP contribution in [0.3, 0.4) is 0 Å². The molecule has 4 rings (SSSR count). The molecule has 1 heterocycles. The average Bonchev–Trinajstić information content (AvgIpc) is 3.37. The highest BCUT2D eigenvalue weighted by Gasteiger charge is 2.30. The first kappa shape index (κ1) is 33.1. The van der Waals surface area contributed by atoms with Gasteiger partial charge >= 0.3 is 5.97 Å². The van der Waals surface area contributed by atoms with Crippen molar-refractivity contribution in [3.8, 4) is 5.75 Å². The number of sulfone groups is 1. The molecule has 1 aromatic heterocycles. The largest absolute Gasteiger partial charge is 0.425 e. The van der Waals surface area contributed by atoms with Gasteiger partial charge in [0, 0.05) is 29.0 Å². The Labute approximate surface area is 267 Å². The number of rotatable bonds is 12. The molecule has 1 atom stereocenters. The van der Waals surface area contributed by atoms with E-state index in [0.717, 1.165) is 11.1 Å². The van der Waals surface area contributed by atoms with E-state index in [1.807, 2.05) is 26.8 Å². The molecular weight excluding hydrogens is 622 g/mol. The van der Waals surface area contributed by atoms with Gasteiger partial charge in [0.05, 0.1) is 15.7 Å². The number of benzene rings is 3. The number of carbonyl (C=O) groups is 3. The van der Waals surface area contributed by atoms with Crippen molar-refractivity contribution in [2.75, 3.05) is 13.1 Å². The molecule has 1 unspecified atom stereocenters. The van der Waals surface area contributed by atoms with Crippen molar-refractivity contribution in [1.29, 1.82) is 0 Å². The van der Waals surface area contributed by atoms with Gasteiger partial charge in [-0.2, -0.15) is 12.6 Å². The van der Waals surface area contributed by atoms with Crippen molar-refractivity contribution >= 4 is 62.8 Å². The fourth-order valence-corrected chi connectivity index (χ4v) is 6.72. The molecule has 4 aromatic rings. The van der Waals surface area contributed by atoms with Gasteiger partial charge in [-0.15, -0.1) is 0 Å². The average molecular weight is 656 g/mol. The number of hydrogen-bond donors (Lipinski definition) is 4. The normalized spacial score (nSPS) is 12.1. The van der Waals surface area contributed by atoms with Gasteiger partial charge in [-0.05, 0) is 86.7 Å². The summed E-state index contributed by atoms with van der Waals surface area (Å²) in [6.07, 6.45) is 1.52. The van der Waals surface area contributed by atoms with Crippen LogP contribution in [0.15, 0.2) is 70.5 Å². The summed E-state index contributed by atoms with van der Waals surface area (Å²) in [7, 11) is -4.09. The Hall–Kier alpha value is -3.80.